The van der Waals surface area contributed by atoms with Crippen LogP contribution in [0.5, 0.6) is 0 Å². The van der Waals surface area contributed by atoms with Crippen LogP contribution in [-0.4, -0.2) is 52.2 Å². The Morgan fingerprint density at radius 1 is 1.18 bits per heavy atom. The van der Waals surface area contributed by atoms with Crippen LogP contribution in [0.3, 0.4) is 0 Å². The fraction of sp³-hybridized carbons (Fsp3) is 0.267. The molecule has 1 aliphatic heterocycles. The molecule has 0 unspecified atom stereocenters. The van der Waals surface area contributed by atoms with Crippen molar-refractivity contribution in [1.82, 2.24) is 20.5 Å². The second-order valence-electron chi connectivity index (χ2n) is 10.1. The van der Waals surface area contributed by atoms with Crippen molar-refractivity contribution < 1.29 is 31.9 Å². The molecule has 0 radical (unpaired) electrons. The van der Waals surface area contributed by atoms with Crippen molar-refractivity contribution in [2.45, 2.75) is 37.9 Å². The van der Waals surface area contributed by atoms with Gasteiger partial charge in [-0.1, -0.05) is 12.5 Å². The number of benzene rings is 1. The number of carbonyl (C=O) groups excluding carboxylic acids is 3. The third kappa shape index (κ3) is 6.67. The average Bonchev–Trinajstić information content (AvgIpc) is 3.75. The number of rotatable bonds is 7. The lowest BCUT2D eigenvalue weighted by molar-refractivity contribution is -0.137. The Kier molecular flexibility index (Phi) is 8.30. The topological polar surface area (TPSA) is 120 Å². The maximum Gasteiger partial charge on any atom is 0.416 e. The number of halogens is 4. The molecule has 3 aromatic rings. The number of anilines is 3. The first-order valence-electron chi connectivity index (χ1n) is 13.4. The van der Waals surface area contributed by atoms with Crippen molar-refractivity contribution in [3.8, 4) is 11.8 Å². The van der Waals surface area contributed by atoms with Gasteiger partial charge in [0.25, 0.3) is 5.91 Å². The summed E-state index contributed by atoms with van der Waals surface area (Å²) in [7, 11) is 0. The van der Waals surface area contributed by atoms with Crippen LogP contribution in [0.2, 0.25) is 0 Å². The van der Waals surface area contributed by atoms with Crippen LogP contribution in [0, 0.1) is 24.6 Å². The van der Waals surface area contributed by atoms with E-state index in [1.54, 1.807) is 6.07 Å². The second kappa shape index (κ2) is 12.1. The number of urea groups is 1. The lowest BCUT2D eigenvalue weighted by Gasteiger charge is -2.28. The van der Waals surface area contributed by atoms with Crippen LogP contribution in [0.4, 0.5) is 39.5 Å². The van der Waals surface area contributed by atoms with E-state index in [-0.39, 0.29) is 41.9 Å². The highest BCUT2D eigenvalue weighted by Crippen LogP contribution is 2.42. The molecule has 1 atom stereocenters. The monoisotopic (exact) mass is 607 g/mol. The van der Waals surface area contributed by atoms with E-state index in [1.807, 2.05) is 0 Å². The van der Waals surface area contributed by atoms with Gasteiger partial charge in [0.15, 0.2) is 0 Å². The van der Waals surface area contributed by atoms with E-state index in [0.717, 1.165) is 42.0 Å². The Bertz CT molecular complexity index is 1700. The first kappa shape index (κ1) is 30.1. The minimum absolute atomic E-state index is 0.000515. The Labute approximate surface area is 249 Å². The van der Waals surface area contributed by atoms with Gasteiger partial charge >= 0.3 is 12.2 Å². The molecule has 0 spiro atoms. The number of hydrogen-bond acceptors (Lipinski definition) is 6. The molecule has 3 heterocycles. The maximum absolute atomic E-state index is 13.9. The number of aromatic nitrogens is 3. The number of carbonyl (C=O) groups is 3. The van der Waals surface area contributed by atoms with Crippen LogP contribution in [0.1, 0.15) is 41.4 Å². The van der Waals surface area contributed by atoms with Crippen LogP contribution in [0.15, 0.2) is 55.1 Å². The zero-order valence-corrected chi connectivity index (χ0v) is 23.3. The number of aryl methyl sites for hydroxylation is 1. The summed E-state index contributed by atoms with van der Waals surface area (Å²) >= 11 is 0. The third-order valence-electron chi connectivity index (χ3n) is 6.86. The van der Waals surface area contributed by atoms with E-state index in [2.05, 4.69) is 44.2 Å². The van der Waals surface area contributed by atoms with Crippen molar-refractivity contribution in [3.63, 3.8) is 0 Å². The molecular formula is C30H25F4N7O3. The number of amides is 4. The molecule has 1 aliphatic carbocycles. The van der Waals surface area contributed by atoms with Gasteiger partial charge in [0.2, 0.25) is 5.91 Å². The van der Waals surface area contributed by atoms with Gasteiger partial charge in [-0.15, -0.1) is 5.10 Å². The molecule has 1 aromatic carbocycles. The summed E-state index contributed by atoms with van der Waals surface area (Å²) in [4.78, 5) is 44.7. The molecule has 14 heteroatoms. The fourth-order valence-electron chi connectivity index (χ4n) is 4.61. The van der Waals surface area contributed by atoms with Gasteiger partial charge in [0.05, 0.1) is 23.5 Å². The molecule has 4 amide bonds. The molecule has 1 saturated heterocycles. The number of pyridine rings is 1. The normalized spacial score (nSPS) is 16.1. The standard InChI is InChI=1S/C30H25F4N7O3/c1-3-26(42)37-23-15-21(38-39-27(23)18-6-7-18)5-4-12-40(22-10-8-20(31)9-11-22)28(43)24-16-35-29(44)41(24)25-14-19(30(32,33)34)13-17(2)36-25/h3,8-11,13-15,18,24H,1,6-7,12,16H2,2H3,(H,35,44)(H,37,38,42)/t24-/m0/s1. The third-order valence-corrected chi connectivity index (χ3v) is 6.86. The Balaban J connectivity index is 1.45. The zero-order chi connectivity index (χ0) is 31.6. The molecular weight excluding hydrogens is 582 g/mol. The van der Waals surface area contributed by atoms with Gasteiger partial charge in [-0.25, -0.2) is 14.2 Å². The van der Waals surface area contributed by atoms with Crippen molar-refractivity contribution in [3.05, 3.63) is 83.6 Å². The van der Waals surface area contributed by atoms with Crippen molar-refractivity contribution in [2.24, 2.45) is 0 Å². The van der Waals surface area contributed by atoms with E-state index in [0.29, 0.717) is 17.4 Å². The van der Waals surface area contributed by atoms with E-state index >= 15 is 0 Å². The van der Waals surface area contributed by atoms with Gasteiger partial charge in [-0.05, 0) is 74.2 Å². The summed E-state index contributed by atoms with van der Waals surface area (Å²) in [5, 5.41) is 13.5. The summed E-state index contributed by atoms with van der Waals surface area (Å²) in [5.41, 5.74) is 0.476. The summed E-state index contributed by atoms with van der Waals surface area (Å²) < 4.78 is 54.3. The highest BCUT2D eigenvalue weighted by Gasteiger charge is 2.42. The maximum atomic E-state index is 13.9. The van der Waals surface area contributed by atoms with E-state index < -0.39 is 41.4 Å². The molecule has 5 rings (SSSR count). The van der Waals surface area contributed by atoms with Crippen molar-refractivity contribution >= 4 is 35.0 Å². The van der Waals surface area contributed by atoms with Gasteiger partial charge in [0.1, 0.15) is 23.4 Å². The lowest BCUT2D eigenvalue weighted by atomic mass is 10.1. The number of nitrogens with zero attached hydrogens (tertiary/aromatic N) is 5. The smallest absolute Gasteiger partial charge is 0.335 e. The molecule has 44 heavy (non-hydrogen) atoms. The first-order chi connectivity index (χ1) is 20.9. The lowest BCUT2D eigenvalue weighted by Crippen LogP contribution is -2.48. The van der Waals surface area contributed by atoms with Crippen LogP contribution in [-0.2, 0) is 15.8 Å². The van der Waals surface area contributed by atoms with Crippen LogP contribution in [0.25, 0.3) is 0 Å². The number of alkyl halides is 3. The zero-order valence-electron chi connectivity index (χ0n) is 23.3. The summed E-state index contributed by atoms with van der Waals surface area (Å²) in [6.07, 6.45) is -1.76. The van der Waals surface area contributed by atoms with E-state index in [1.165, 1.54) is 24.0 Å². The molecule has 1 saturated carbocycles. The van der Waals surface area contributed by atoms with Crippen molar-refractivity contribution in [2.75, 3.05) is 28.2 Å². The number of hydrogen-bond donors (Lipinski definition) is 2. The van der Waals surface area contributed by atoms with Crippen LogP contribution < -0.4 is 20.4 Å². The molecule has 0 bridgehead atoms. The highest BCUT2D eigenvalue weighted by molar-refractivity contribution is 6.08. The molecule has 2 N–H and O–H groups in total. The summed E-state index contributed by atoms with van der Waals surface area (Å²) in [6.45, 7) is 4.31. The largest absolute Gasteiger partial charge is 0.416 e. The van der Waals surface area contributed by atoms with Crippen molar-refractivity contribution in [1.29, 1.82) is 0 Å². The first-order valence-corrected chi connectivity index (χ1v) is 13.4. The summed E-state index contributed by atoms with van der Waals surface area (Å²) in [5.74, 6) is 3.76. The van der Waals surface area contributed by atoms with Gasteiger partial charge in [-0.2, -0.15) is 18.3 Å². The number of nitrogens with one attached hydrogen (secondary N) is 2. The quantitative estimate of drug-likeness (QED) is 0.235. The van der Waals surface area contributed by atoms with Gasteiger partial charge in [0, 0.05) is 23.8 Å². The molecule has 2 fully saturated rings. The van der Waals surface area contributed by atoms with Gasteiger partial charge < -0.3 is 10.6 Å². The fourth-order valence-corrected chi connectivity index (χ4v) is 4.61. The minimum atomic E-state index is -4.71. The predicted octanol–water partition coefficient (Wildman–Crippen LogP) is 4.32. The second-order valence-corrected chi connectivity index (χ2v) is 10.1. The Hall–Kier alpha value is -5.32. The Morgan fingerprint density at radius 3 is 2.57 bits per heavy atom. The molecule has 2 aromatic heterocycles. The van der Waals surface area contributed by atoms with Gasteiger partial charge in [-0.3, -0.25) is 19.4 Å². The average molecular weight is 608 g/mol. The molecule has 2 aliphatic rings. The van der Waals surface area contributed by atoms with E-state index in [9.17, 15) is 31.9 Å². The highest BCUT2D eigenvalue weighted by atomic mass is 19.4. The minimum Gasteiger partial charge on any atom is -0.335 e. The molecule has 226 valence electrons. The van der Waals surface area contributed by atoms with Crippen LogP contribution >= 0.6 is 0 Å². The Morgan fingerprint density at radius 2 is 1.91 bits per heavy atom. The van der Waals surface area contributed by atoms with E-state index in [4.69, 9.17) is 0 Å². The predicted molar refractivity (Wildman–Crippen MR) is 152 cm³/mol. The SMILES string of the molecule is C=CC(=O)Nc1cc(C#CCN(C(=O)[C@@H]2CNC(=O)N2c2cc(C(F)(F)F)cc(C)n2)c2ccc(F)cc2)nnc1C1CC1. The molecule has 10 nitrogen and oxygen atoms in total. The summed E-state index contributed by atoms with van der Waals surface area (Å²) in [6, 6.07) is 5.94.